The highest BCUT2D eigenvalue weighted by Gasteiger charge is 2.73. The number of hydrogen-bond donors (Lipinski definition) is 0. The molecule has 11 aromatic rings. The highest BCUT2D eigenvalue weighted by molar-refractivity contribution is 5.93. The molecule has 0 saturated heterocycles. The molecule has 0 amide bonds. The molecule has 0 radical (unpaired) electrons. The summed E-state index contributed by atoms with van der Waals surface area (Å²) in [4.78, 5) is 42.5. The smallest absolute Gasteiger partial charge is 0.339 e. The van der Waals surface area contributed by atoms with Crippen LogP contribution in [-0.4, -0.2) is 42.0 Å². The summed E-state index contributed by atoms with van der Waals surface area (Å²) in [5.41, 5.74) is 31.3. The van der Waals surface area contributed by atoms with Crippen molar-refractivity contribution in [2.24, 2.45) is 38.4 Å². The van der Waals surface area contributed by atoms with Gasteiger partial charge in [-0.3, -0.25) is 0 Å². The summed E-state index contributed by atoms with van der Waals surface area (Å²) < 4.78 is 5.51. The highest BCUT2D eigenvalue weighted by atomic mass is 16.5. The summed E-state index contributed by atoms with van der Waals surface area (Å²) in [7, 11) is 0. The number of carbonyl (C=O) groups excluding carboxylic acids is 1. The Kier molecular flexibility index (Phi) is 16.5. The maximum absolute atomic E-state index is 12.9. The lowest BCUT2D eigenvalue weighted by Crippen LogP contribution is -2.60. The lowest BCUT2D eigenvalue weighted by molar-refractivity contribution is -0.0781. The van der Waals surface area contributed by atoms with Crippen LogP contribution in [0.3, 0.4) is 0 Å². The number of carbonyl (C=O) groups is 1. The van der Waals surface area contributed by atoms with Crippen molar-refractivity contribution in [2.75, 3.05) is 0 Å². The van der Waals surface area contributed by atoms with E-state index < -0.39 is 12.1 Å². The van der Waals surface area contributed by atoms with Crippen molar-refractivity contribution in [3.63, 3.8) is 0 Å². The van der Waals surface area contributed by atoms with Crippen molar-refractivity contribution in [1.82, 2.24) is 29.9 Å². The SMILES string of the molecule is C=CC(C=C)OC(=O)c1ccc(-c2ncc(-c3ccc4c(c3)C3(c5cc(-c6ccc7c(c6)C6(c8cc(-c9ccc(-c%10ncc(-c%11ccc%12c(c%11)C%11(c%13cc(-c%14cnc(C)nc%14)ccc%13-%12)C(CC)(CC)CC(CC)CC%11(CC)CC)cn%10)cc9)ccc8-7)C7(C)CCCC6(C)CCC7)ccc5-4)C4(C)CCC3(C)CC4)cn2)cc1. The molecule has 19 rings (SSSR count). The average molecular weight is 1460 g/mol. The Labute approximate surface area is 657 Å². The van der Waals surface area contributed by atoms with Crippen molar-refractivity contribution >= 4 is 5.97 Å². The number of ether oxygens (including phenoxy) is 1. The molecule has 8 aromatic carbocycles. The fourth-order valence-electron chi connectivity index (χ4n) is 26.3. The number of esters is 1. The van der Waals surface area contributed by atoms with Crippen LogP contribution >= 0.6 is 0 Å². The summed E-state index contributed by atoms with van der Waals surface area (Å²) in [6.07, 6.45) is 35.1. The number of nitrogens with zero attached hydrogens (tertiary/aromatic N) is 6. The third-order valence-corrected chi connectivity index (χ3v) is 31.6. The minimum absolute atomic E-state index is 0.0518. The van der Waals surface area contributed by atoms with Gasteiger partial charge in [-0.2, -0.15) is 0 Å². The number of rotatable bonds is 16. The Balaban J connectivity index is 0.636. The second kappa shape index (κ2) is 25.7. The summed E-state index contributed by atoms with van der Waals surface area (Å²) in [5, 5.41) is 0. The predicted octanol–water partition coefficient (Wildman–Crippen LogP) is 26.1. The van der Waals surface area contributed by atoms with Crippen LogP contribution in [0.4, 0.5) is 0 Å². The van der Waals surface area contributed by atoms with Crippen LogP contribution in [0.15, 0.2) is 220 Å². The van der Waals surface area contributed by atoms with E-state index in [2.05, 4.69) is 231 Å². The van der Waals surface area contributed by atoms with Crippen molar-refractivity contribution in [1.29, 1.82) is 0 Å². The quantitative estimate of drug-likeness (QED) is 0.0696. The number of hydrogen-bond acceptors (Lipinski definition) is 8. The van der Waals surface area contributed by atoms with Crippen molar-refractivity contribution < 1.29 is 9.53 Å². The minimum atomic E-state index is -0.553. The van der Waals surface area contributed by atoms with Gasteiger partial charge in [0.1, 0.15) is 11.9 Å². The molecule has 8 heteroatoms. The molecule has 558 valence electrons. The van der Waals surface area contributed by atoms with Gasteiger partial charge >= 0.3 is 5.97 Å². The molecule has 8 aliphatic rings. The zero-order chi connectivity index (χ0) is 76.4. The van der Waals surface area contributed by atoms with Crippen LogP contribution in [0.1, 0.15) is 221 Å². The second-order valence-corrected chi connectivity index (χ2v) is 36.0. The Morgan fingerprint density at radius 3 is 0.982 bits per heavy atom. The van der Waals surface area contributed by atoms with Crippen LogP contribution in [0.2, 0.25) is 0 Å². The average Bonchev–Trinajstić information content (AvgIpc) is 1.50. The molecule has 4 bridgehead atoms. The zero-order valence-electron chi connectivity index (χ0n) is 66.7. The van der Waals surface area contributed by atoms with Gasteiger partial charge in [0, 0.05) is 81.2 Å². The Hall–Kier alpha value is -10.1. The number of benzene rings is 8. The van der Waals surface area contributed by atoms with Crippen LogP contribution < -0.4 is 0 Å². The maximum Gasteiger partial charge on any atom is 0.339 e. The fourth-order valence-corrected chi connectivity index (χ4v) is 26.3. The predicted molar refractivity (Wildman–Crippen MR) is 452 cm³/mol. The first-order chi connectivity index (χ1) is 53.8. The first-order valence-corrected chi connectivity index (χ1v) is 41.8. The molecule has 3 spiro atoms. The van der Waals surface area contributed by atoms with Gasteiger partial charge in [0.25, 0.3) is 0 Å². The fraction of sp³-hybridized carbons (Fsp3) is 0.369. The molecule has 5 fully saturated rings. The van der Waals surface area contributed by atoms with E-state index in [0.29, 0.717) is 17.3 Å². The molecule has 0 atom stereocenters. The Bertz CT molecular complexity index is 5520. The highest BCUT2D eigenvalue weighted by Crippen LogP contribution is 2.80. The topological polar surface area (TPSA) is 104 Å². The normalized spacial score (nSPS) is 24.8. The third kappa shape index (κ3) is 9.73. The molecule has 0 N–H and O–H groups in total. The number of fused-ring (bicyclic) bond motifs is 11. The Morgan fingerprint density at radius 2 is 0.658 bits per heavy atom. The van der Waals surface area contributed by atoms with E-state index in [9.17, 15) is 4.79 Å². The molecule has 8 aliphatic carbocycles. The number of aromatic nitrogens is 6. The Morgan fingerprint density at radius 1 is 0.378 bits per heavy atom. The van der Waals surface area contributed by atoms with E-state index in [4.69, 9.17) is 24.7 Å². The van der Waals surface area contributed by atoms with E-state index >= 15 is 0 Å². The van der Waals surface area contributed by atoms with E-state index in [1.54, 1.807) is 29.8 Å². The van der Waals surface area contributed by atoms with Crippen LogP contribution in [0.5, 0.6) is 0 Å². The molecule has 5 saturated carbocycles. The van der Waals surface area contributed by atoms with Gasteiger partial charge < -0.3 is 4.74 Å². The standard InChI is InChI=1S/C103H104N6O2/c1-13-65-56-99(16-4,17-5)103(100(18-6,19-7)57-65)90-54-74(76-58-104-64(8)105-59-76)34-40-84(90)85-41-35-75(55-91(85)103)78-62-106-92(107-63-78)67-24-22-66(23-25-67)70-30-36-80-81-37-31-71(51-87(81)101(86(80)50-70)95(9)42-20-44-96(101,10)45-21-43-95)72-32-38-82-83-39-33-73(53-89(83)102(88(82)52-72)97(11)46-48-98(102,12)49-47-97)77-60-108-93(109-61-77)68-26-28-69(29-27-68)94(110)111-79(14-2)15-3/h14-15,22-41,50-55,58-63,65,79H,2-3,13,16-21,42-49,56-57H2,1,4-12H3. The summed E-state index contributed by atoms with van der Waals surface area (Å²) in [6, 6.07) is 61.0. The van der Waals surface area contributed by atoms with Gasteiger partial charge in [-0.05, 0) is 302 Å². The monoisotopic (exact) mass is 1460 g/mol. The maximum atomic E-state index is 12.9. The van der Waals surface area contributed by atoms with E-state index in [0.717, 1.165) is 70.7 Å². The van der Waals surface area contributed by atoms with Gasteiger partial charge in [-0.25, -0.2) is 34.7 Å². The van der Waals surface area contributed by atoms with Gasteiger partial charge in [-0.15, -0.1) is 0 Å². The summed E-state index contributed by atoms with van der Waals surface area (Å²) in [6.45, 7) is 32.4. The van der Waals surface area contributed by atoms with Crippen molar-refractivity contribution in [3.05, 3.63) is 265 Å². The number of aryl methyl sites for hydroxylation is 1. The van der Waals surface area contributed by atoms with Gasteiger partial charge in [0.05, 0.1) is 5.56 Å². The lowest BCUT2D eigenvalue weighted by atomic mass is 9.37. The first-order valence-electron chi connectivity index (χ1n) is 41.8. The van der Waals surface area contributed by atoms with E-state index in [1.807, 2.05) is 43.8 Å². The van der Waals surface area contributed by atoms with Crippen LogP contribution in [0.25, 0.3) is 112 Å². The molecule has 8 nitrogen and oxygen atoms in total. The second-order valence-electron chi connectivity index (χ2n) is 36.0. The van der Waals surface area contributed by atoms with E-state index in [1.165, 1.54) is 178 Å². The molecular formula is C103H104N6O2. The molecular weight excluding hydrogens is 1350 g/mol. The van der Waals surface area contributed by atoms with Gasteiger partial charge in [0.15, 0.2) is 11.6 Å². The summed E-state index contributed by atoms with van der Waals surface area (Å²) in [5.74, 6) is 2.38. The largest absolute Gasteiger partial charge is 0.450 e. The first kappa shape index (κ1) is 71.3. The zero-order valence-corrected chi connectivity index (χ0v) is 66.7. The van der Waals surface area contributed by atoms with Crippen molar-refractivity contribution in [3.8, 4) is 112 Å². The molecule has 3 heterocycles. The molecule has 0 unspecified atom stereocenters. The molecule has 3 aromatic heterocycles. The third-order valence-electron chi connectivity index (χ3n) is 31.6. The lowest BCUT2D eigenvalue weighted by Gasteiger charge is -2.65. The minimum Gasteiger partial charge on any atom is -0.450 e. The van der Waals surface area contributed by atoms with Crippen LogP contribution in [0, 0.1) is 45.3 Å². The van der Waals surface area contributed by atoms with Gasteiger partial charge in [-0.1, -0.05) is 204 Å². The molecule has 111 heavy (non-hydrogen) atoms. The van der Waals surface area contributed by atoms with E-state index in [-0.39, 0.29) is 48.7 Å². The summed E-state index contributed by atoms with van der Waals surface area (Å²) >= 11 is 0. The molecule has 0 aliphatic heterocycles. The van der Waals surface area contributed by atoms with Crippen LogP contribution in [-0.2, 0) is 21.0 Å². The van der Waals surface area contributed by atoms with Gasteiger partial charge in [0.2, 0.25) is 0 Å². The van der Waals surface area contributed by atoms with Crippen molar-refractivity contribution in [2.45, 2.75) is 201 Å².